The van der Waals surface area contributed by atoms with Gasteiger partial charge < -0.3 is 23.7 Å². The summed E-state index contributed by atoms with van der Waals surface area (Å²) >= 11 is 6.04. The van der Waals surface area contributed by atoms with E-state index in [0.29, 0.717) is 16.6 Å². The zero-order valence-corrected chi connectivity index (χ0v) is 15.5. The Bertz CT molecular complexity index is 871. The molecule has 0 N–H and O–H groups in total. The third-order valence-electron chi connectivity index (χ3n) is 4.66. The van der Waals surface area contributed by atoms with Gasteiger partial charge >= 0.3 is 0 Å². The number of halogens is 1. The molecule has 10 heteroatoms. The highest BCUT2D eigenvalue weighted by Gasteiger charge is 2.61. The van der Waals surface area contributed by atoms with E-state index in [2.05, 4.69) is 15.3 Å². The molecule has 0 aromatic carbocycles. The van der Waals surface area contributed by atoms with Gasteiger partial charge in [0.05, 0.1) is 0 Å². The summed E-state index contributed by atoms with van der Waals surface area (Å²) in [6.07, 6.45) is -2.43. The predicted octanol–water partition coefficient (Wildman–Crippen LogP) is 1.85. The maximum absolute atomic E-state index is 6.19. The average molecular weight is 383 g/mol. The molecule has 5 rings (SSSR count). The number of fused-ring (bicyclic) bond motifs is 4. The van der Waals surface area contributed by atoms with Crippen LogP contribution in [0.25, 0.3) is 5.65 Å². The minimum absolute atomic E-state index is 0.328. The molecular formula is C16H19ClN4O5. The van der Waals surface area contributed by atoms with Crippen molar-refractivity contribution in [3.8, 4) is 0 Å². The predicted molar refractivity (Wildman–Crippen MR) is 87.3 cm³/mol. The van der Waals surface area contributed by atoms with E-state index in [4.69, 9.17) is 35.3 Å². The molecule has 3 saturated heterocycles. The lowest BCUT2D eigenvalue weighted by molar-refractivity contribution is -0.238. The normalized spacial score (nSPS) is 37.7. The van der Waals surface area contributed by atoms with Gasteiger partial charge in [-0.2, -0.15) is 9.61 Å². The van der Waals surface area contributed by atoms with Crippen molar-refractivity contribution in [3.05, 3.63) is 23.1 Å². The van der Waals surface area contributed by atoms with Crippen molar-refractivity contribution in [1.82, 2.24) is 19.8 Å². The molecule has 9 nitrogen and oxygen atoms in total. The fourth-order valence-corrected chi connectivity index (χ4v) is 3.92. The molecular weight excluding hydrogens is 364 g/mol. The van der Waals surface area contributed by atoms with Crippen molar-refractivity contribution < 1.29 is 23.7 Å². The van der Waals surface area contributed by atoms with Gasteiger partial charge in [-0.1, -0.05) is 11.6 Å². The standard InChI is InChI=1S/C16H19ClN4O5/c1-15(2)23-9-10(24-15)12-14(26-16(3,4)25-12)22-11(9)13-19-18-8-6-5-7(17)20-21(8)13/h5-6,9-12,14H,1-4H3/t9-,10+,11?,12-,14-/m1/s1. The zero-order valence-electron chi connectivity index (χ0n) is 14.7. The summed E-state index contributed by atoms with van der Waals surface area (Å²) in [6.45, 7) is 7.39. The van der Waals surface area contributed by atoms with E-state index in [-0.39, 0.29) is 6.10 Å². The van der Waals surface area contributed by atoms with Crippen LogP contribution < -0.4 is 0 Å². The van der Waals surface area contributed by atoms with Gasteiger partial charge in [0, 0.05) is 0 Å². The monoisotopic (exact) mass is 382 g/mol. The van der Waals surface area contributed by atoms with Crippen LogP contribution in [0, 0.1) is 0 Å². The van der Waals surface area contributed by atoms with Crippen LogP contribution in [0.15, 0.2) is 12.1 Å². The van der Waals surface area contributed by atoms with Gasteiger partial charge in [0.2, 0.25) is 0 Å². The molecule has 3 fully saturated rings. The molecule has 0 radical (unpaired) electrons. The summed E-state index contributed by atoms with van der Waals surface area (Å²) in [6, 6.07) is 3.40. The third-order valence-corrected chi connectivity index (χ3v) is 4.87. The molecule has 0 saturated carbocycles. The minimum atomic E-state index is -0.784. The number of ether oxygens (including phenoxy) is 5. The van der Waals surface area contributed by atoms with E-state index >= 15 is 0 Å². The number of hydrogen-bond donors (Lipinski definition) is 0. The van der Waals surface area contributed by atoms with Crippen molar-refractivity contribution in [1.29, 1.82) is 0 Å². The quantitative estimate of drug-likeness (QED) is 0.738. The van der Waals surface area contributed by atoms with Crippen LogP contribution in [-0.2, 0) is 23.7 Å². The lowest BCUT2D eigenvalue weighted by Crippen LogP contribution is -2.51. The van der Waals surface area contributed by atoms with Gasteiger partial charge in [-0.3, -0.25) is 0 Å². The van der Waals surface area contributed by atoms with Crippen molar-refractivity contribution in [2.75, 3.05) is 0 Å². The van der Waals surface area contributed by atoms with Gasteiger partial charge in [-0.15, -0.1) is 10.2 Å². The molecule has 140 valence electrons. The Kier molecular flexibility index (Phi) is 3.45. The van der Waals surface area contributed by atoms with E-state index in [1.165, 1.54) is 0 Å². The summed E-state index contributed by atoms with van der Waals surface area (Å²) in [4.78, 5) is 0. The van der Waals surface area contributed by atoms with E-state index in [1.54, 1.807) is 16.6 Å². The first-order valence-electron chi connectivity index (χ1n) is 8.47. The fourth-order valence-electron chi connectivity index (χ4n) is 3.78. The Hall–Kier alpha value is -1.36. The highest BCUT2D eigenvalue weighted by molar-refractivity contribution is 6.29. The Morgan fingerprint density at radius 1 is 0.923 bits per heavy atom. The van der Waals surface area contributed by atoms with E-state index in [9.17, 15) is 0 Å². The molecule has 0 amide bonds. The summed E-state index contributed by atoms with van der Waals surface area (Å²) < 4.78 is 31.9. The number of rotatable bonds is 1. The SMILES string of the molecule is CC1(C)O[C@H]2OC(c3nnc4ccc(Cl)nn34)[C@@H]3OC(C)(C)O[C@@H]3[C@H]2O1. The van der Waals surface area contributed by atoms with Gasteiger partial charge in [0.15, 0.2) is 35.4 Å². The van der Waals surface area contributed by atoms with Crippen molar-refractivity contribution >= 4 is 17.2 Å². The van der Waals surface area contributed by atoms with Crippen molar-refractivity contribution in [2.24, 2.45) is 0 Å². The molecule has 3 aliphatic rings. The molecule has 2 aromatic heterocycles. The van der Waals surface area contributed by atoms with Crippen LogP contribution >= 0.6 is 11.6 Å². The number of nitrogens with zero attached hydrogens (tertiary/aromatic N) is 4. The number of aromatic nitrogens is 4. The topological polar surface area (TPSA) is 89.2 Å². The fraction of sp³-hybridized carbons (Fsp3) is 0.688. The first-order valence-corrected chi connectivity index (χ1v) is 8.85. The number of hydrogen-bond acceptors (Lipinski definition) is 8. The van der Waals surface area contributed by atoms with Gasteiger partial charge in [-0.25, -0.2) is 0 Å². The Balaban J connectivity index is 1.59. The molecule has 0 spiro atoms. The van der Waals surface area contributed by atoms with E-state index in [0.717, 1.165) is 0 Å². The molecule has 2 aromatic rings. The largest absolute Gasteiger partial charge is 0.342 e. The second-order valence-electron chi connectivity index (χ2n) is 7.57. The van der Waals surface area contributed by atoms with Crippen LogP contribution in [0.1, 0.15) is 39.6 Å². The Labute approximate surface area is 154 Å². The lowest BCUT2D eigenvalue weighted by Gasteiger charge is -2.36. The average Bonchev–Trinajstić information content (AvgIpc) is 3.17. The van der Waals surface area contributed by atoms with Gasteiger partial charge in [0.1, 0.15) is 23.5 Å². The molecule has 3 aliphatic heterocycles. The highest BCUT2D eigenvalue weighted by atomic mass is 35.5. The van der Waals surface area contributed by atoms with Crippen LogP contribution in [0.4, 0.5) is 0 Å². The Morgan fingerprint density at radius 3 is 2.42 bits per heavy atom. The molecule has 5 atom stereocenters. The zero-order chi connectivity index (χ0) is 18.3. The summed E-state index contributed by atoms with van der Waals surface area (Å²) in [7, 11) is 0. The molecule has 0 aliphatic carbocycles. The summed E-state index contributed by atoms with van der Waals surface area (Å²) in [5.41, 5.74) is 0.564. The highest BCUT2D eigenvalue weighted by Crippen LogP contribution is 2.48. The van der Waals surface area contributed by atoms with Crippen LogP contribution in [0.5, 0.6) is 0 Å². The molecule has 1 unspecified atom stereocenters. The second kappa shape index (κ2) is 5.34. The summed E-state index contributed by atoms with van der Waals surface area (Å²) in [5.74, 6) is -1.09. The first kappa shape index (κ1) is 16.8. The molecule has 0 bridgehead atoms. The van der Waals surface area contributed by atoms with E-state index in [1.807, 2.05) is 27.7 Å². The summed E-state index contributed by atoms with van der Waals surface area (Å²) in [5, 5.41) is 13.0. The Morgan fingerprint density at radius 2 is 1.62 bits per heavy atom. The van der Waals surface area contributed by atoms with Crippen LogP contribution in [-0.4, -0.2) is 56.0 Å². The smallest absolute Gasteiger partial charge is 0.190 e. The van der Waals surface area contributed by atoms with Crippen molar-refractivity contribution in [2.45, 2.75) is 70.0 Å². The second-order valence-corrected chi connectivity index (χ2v) is 7.96. The van der Waals surface area contributed by atoms with Crippen LogP contribution in [0.3, 0.4) is 0 Å². The lowest BCUT2D eigenvalue weighted by atomic mass is 9.98. The van der Waals surface area contributed by atoms with Gasteiger partial charge in [-0.05, 0) is 39.8 Å². The molecule has 26 heavy (non-hydrogen) atoms. The third kappa shape index (κ3) is 2.54. The van der Waals surface area contributed by atoms with Crippen molar-refractivity contribution in [3.63, 3.8) is 0 Å². The minimum Gasteiger partial charge on any atom is -0.342 e. The first-order chi connectivity index (χ1) is 12.2. The maximum Gasteiger partial charge on any atom is 0.190 e. The molecule has 5 heterocycles. The maximum atomic E-state index is 6.19. The van der Waals surface area contributed by atoms with Crippen LogP contribution in [0.2, 0.25) is 5.15 Å². The van der Waals surface area contributed by atoms with Gasteiger partial charge in [0.25, 0.3) is 0 Å². The van der Waals surface area contributed by atoms with E-state index < -0.39 is 36.2 Å².